The summed E-state index contributed by atoms with van der Waals surface area (Å²) in [6.45, 7) is 3.93. The van der Waals surface area contributed by atoms with Gasteiger partial charge in [-0.25, -0.2) is 4.98 Å². The first-order valence-electron chi connectivity index (χ1n) is 5.49. The molecule has 0 aliphatic rings. The van der Waals surface area contributed by atoms with E-state index in [1.54, 1.807) is 35.8 Å². The van der Waals surface area contributed by atoms with Crippen molar-refractivity contribution >= 4 is 27.8 Å². The largest absolute Gasteiger partial charge is 0.388 e. The van der Waals surface area contributed by atoms with Crippen molar-refractivity contribution < 1.29 is 5.11 Å². The van der Waals surface area contributed by atoms with Crippen LogP contribution in [0.3, 0.4) is 0 Å². The Labute approximate surface area is 109 Å². The molecule has 0 saturated heterocycles. The SMILES string of the molecule is CC(O)c1cnc(N(C)C(C)c2cccs2)s1. The van der Waals surface area contributed by atoms with E-state index >= 15 is 0 Å². The van der Waals surface area contributed by atoms with Crippen LogP contribution in [0.25, 0.3) is 0 Å². The van der Waals surface area contributed by atoms with Gasteiger partial charge in [0.15, 0.2) is 5.13 Å². The molecule has 0 bridgehead atoms. The number of aromatic nitrogens is 1. The van der Waals surface area contributed by atoms with E-state index in [2.05, 4.69) is 34.3 Å². The summed E-state index contributed by atoms with van der Waals surface area (Å²) in [6, 6.07) is 4.51. The Kier molecular flexibility index (Phi) is 3.81. The van der Waals surface area contributed by atoms with Crippen molar-refractivity contribution in [3.63, 3.8) is 0 Å². The van der Waals surface area contributed by atoms with Gasteiger partial charge in [-0.3, -0.25) is 0 Å². The van der Waals surface area contributed by atoms with E-state index in [0.29, 0.717) is 6.04 Å². The second kappa shape index (κ2) is 5.16. The molecule has 92 valence electrons. The highest BCUT2D eigenvalue weighted by atomic mass is 32.1. The monoisotopic (exact) mass is 268 g/mol. The van der Waals surface area contributed by atoms with Gasteiger partial charge in [0.2, 0.25) is 0 Å². The number of hydrogen-bond acceptors (Lipinski definition) is 5. The first-order chi connectivity index (χ1) is 8.09. The predicted molar refractivity (Wildman–Crippen MR) is 73.9 cm³/mol. The lowest BCUT2D eigenvalue weighted by Crippen LogP contribution is -2.20. The molecule has 0 aromatic carbocycles. The summed E-state index contributed by atoms with van der Waals surface area (Å²) in [6.07, 6.45) is 1.31. The Morgan fingerprint density at radius 3 is 2.65 bits per heavy atom. The number of anilines is 1. The fourth-order valence-electron chi connectivity index (χ4n) is 1.52. The van der Waals surface area contributed by atoms with Gasteiger partial charge in [0.05, 0.1) is 17.0 Å². The van der Waals surface area contributed by atoms with Gasteiger partial charge in [-0.2, -0.15) is 0 Å². The maximum atomic E-state index is 9.50. The van der Waals surface area contributed by atoms with Crippen molar-refractivity contribution in [3.8, 4) is 0 Å². The lowest BCUT2D eigenvalue weighted by Gasteiger charge is -2.23. The Hall–Kier alpha value is -0.910. The topological polar surface area (TPSA) is 36.4 Å². The Bertz CT molecular complexity index is 465. The third-order valence-electron chi connectivity index (χ3n) is 2.76. The van der Waals surface area contributed by atoms with Gasteiger partial charge in [0, 0.05) is 18.1 Å². The van der Waals surface area contributed by atoms with Crippen LogP contribution in [0.4, 0.5) is 5.13 Å². The predicted octanol–water partition coefficient (Wildman–Crippen LogP) is 3.46. The molecule has 0 saturated carbocycles. The quantitative estimate of drug-likeness (QED) is 0.922. The summed E-state index contributed by atoms with van der Waals surface area (Å²) in [5.74, 6) is 0. The maximum absolute atomic E-state index is 9.50. The van der Waals surface area contributed by atoms with E-state index in [4.69, 9.17) is 0 Å². The van der Waals surface area contributed by atoms with E-state index in [0.717, 1.165) is 10.0 Å². The van der Waals surface area contributed by atoms with Crippen molar-refractivity contribution in [2.75, 3.05) is 11.9 Å². The van der Waals surface area contributed by atoms with Crippen LogP contribution in [0.15, 0.2) is 23.7 Å². The smallest absolute Gasteiger partial charge is 0.185 e. The minimum atomic E-state index is -0.438. The molecule has 0 aliphatic carbocycles. The third kappa shape index (κ3) is 2.68. The molecule has 0 amide bonds. The third-order valence-corrected chi connectivity index (χ3v) is 5.06. The van der Waals surface area contributed by atoms with Gasteiger partial charge in [0.25, 0.3) is 0 Å². The molecule has 2 rings (SSSR count). The van der Waals surface area contributed by atoms with E-state index in [1.165, 1.54) is 4.88 Å². The highest BCUT2D eigenvalue weighted by Crippen LogP contribution is 2.32. The minimum Gasteiger partial charge on any atom is -0.388 e. The van der Waals surface area contributed by atoms with Gasteiger partial charge < -0.3 is 10.0 Å². The van der Waals surface area contributed by atoms with Crippen LogP contribution in [0.5, 0.6) is 0 Å². The fourth-order valence-corrected chi connectivity index (χ4v) is 3.24. The zero-order valence-corrected chi connectivity index (χ0v) is 11.8. The van der Waals surface area contributed by atoms with E-state index < -0.39 is 6.10 Å². The molecule has 3 nitrogen and oxygen atoms in total. The van der Waals surface area contributed by atoms with Crippen LogP contribution in [-0.2, 0) is 0 Å². The van der Waals surface area contributed by atoms with E-state index in [9.17, 15) is 5.11 Å². The summed E-state index contributed by atoms with van der Waals surface area (Å²) >= 11 is 3.30. The van der Waals surface area contributed by atoms with Crippen molar-refractivity contribution in [2.24, 2.45) is 0 Å². The zero-order chi connectivity index (χ0) is 12.4. The second-order valence-electron chi connectivity index (χ2n) is 4.02. The lowest BCUT2D eigenvalue weighted by atomic mass is 10.2. The highest BCUT2D eigenvalue weighted by Gasteiger charge is 2.17. The van der Waals surface area contributed by atoms with Gasteiger partial charge in [-0.05, 0) is 25.3 Å². The average molecular weight is 268 g/mol. The average Bonchev–Trinajstić information content (AvgIpc) is 2.97. The summed E-state index contributed by atoms with van der Waals surface area (Å²) < 4.78 is 0. The number of aliphatic hydroxyl groups is 1. The van der Waals surface area contributed by atoms with Crippen molar-refractivity contribution in [2.45, 2.75) is 26.0 Å². The normalized spacial score (nSPS) is 14.6. The number of thiophene rings is 1. The molecule has 5 heteroatoms. The number of nitrogens with zero attached hydrogens (tertiary/aromatic N) is 2. The molecule has 0 spiro atoms. The summed E-state index contributed by atoms with van der Waals surface area (Å²) in [5, 5.41) is 12.5. The number of thiazole rings is 1. The van der Waals surface area contributed by atoms with E-state index in [-0.39, 0.29) is 0 Å². The fraction of sp³-hybridized carbons (Fsp3) is 0.417. The molecular formula is C12H16N2OS2. The molecule has 2 atom stereocenters. The molecule has 17 heavy (non-hydrogen) atoms. The lowest BCUT2D eigenvalue weighted by molar-refractivity contribution is 0.203. The highest BCUT2D eigenvalue weighted by molar-refractivity contribution is 7.15. The molecule has 0 radical (unpaired) electrons. The van der Waals surface area contributed by atoms with Crippen LogP contribution in [0, 0.1) is 0 Å². The van der Waals surface area contributed by atoms with Crippen LogP contribution in [-0.4, -0.2) is 17.1 Å². The van der Waals surface area contributed by atoms with Crippen LogP contribution in [0.2, 0.25) is 0 Å². The first-order valence-corrected chi connectivity index (χ1v) is 7.19. The van der Waals surface area contributed by atoms with Gasteiger partial charge in [-0.15, -0.1) is 11.3 Å². The summed E-state index contributed by atoms with van der Waals surface area (Å²) in [7, 11) is 2.04. The molecule has 2 aromatic rings. The molecule has 0 aliphatic heterocycles. The molecule has 1 N–H and O–H groups in total. The zero-order valence-electron chi connectivity index (χ0n) is 10.1. The minimum absolute atomic E-state index is 0.308. The first kappa shape index (κ1) is 12.5. The molecule has 2 aromatic heterocycles. The van der Waals surface area contributed by atoms with Gasteiger partial charge >= 0.3 is 0 Å². The van der Waals surface area contributed by atoms with Crippen molar-refractivity contribution in [3.05, 3.63) is 33.5 Å². The van der Waals surface area contributed by atoms with Crippen molar-refractivity contribution in [1.29, 1.82) is 0 Å². The Morgan fingerprint density at radius 1 is 1.35 bits per heavy atom. The number of hydrogen-bond donors (Lipinski definition) is 1. The molecule has 2 unspecified atom stereocenters. The Morgan fingerprint density at radius 2 is 2.12 bits per heavy atom. The van der Waals surface area contributed by atoms with Gasteiger partial charge in [0.1, 0.15) is 0 Å². The molecule has 2 heterocycles. The van der Waals surface area contributed by atoms with Gasteiger partial charge in [-0.1, -0.05) is 17.4 Å². The summed E-state index contributed by atoms with van der Waals surface area (Å²) in [4.78, 5) is 8.73. The van der Waals surface area contributed by atoms with Crippen molar-refractivity contribution in [1.82, 2.24) is 4.98 Å². The molecular weight excluding hydrogens is 252 g/mol. The van der Waals surface area contributed by atoms with E-state index in [1.807, 2.05) is 7.05 Å². The number of rotatable bonds is 4. The van der Waals surface area contributed by atoms with Crippen LogP contribution < -0.4 is 4.90 Å². The standard InChI is InChI=1S/C12H16N2OS2/c1-8(10-5-4-6-16-10)14(3)12-13-7-11(17-12)9(2)15/h4-9,15H,1-3H3. The number of aliphatic hydroxyl groups excluding tert-OH is 1. The summed E-state index contributed by atoms with van der Waals surface area (Å²) in [5.41, 5.74) is 0. The van der Waals surface area contributed by atoms with Crippen LogP contribution in [0.1, 0.15) is 35.7 Å². The second-order valence-corrected chi connectivity index (χ2v) is 6.04. The Balaban J connectivity index is 2.16. The maximum Gasteiger partial charge on any atom is 0.185 e. The van der Waals surface area contributed by atoms with Crippen LogP contribution >= 0.6 is 22.7 Å². The molecule has 0 fully saturated rings.